The van der Waals surface area contributed by atoms with E-state index in [4.69, 9.17) is 19.8 Å². The van der Waals surface area contributed by atoms with Crippen molar-refractivity contribution in [2.75, 3.05) is 13.2 Å². The van der Waals surface area contributed by atoms with Crippen LogP contribution < -0.4 is 0 Å². The molecule has 0 spiro atoms. The molecule has 0 bridgehead atoms. The van der Waals surface area contributed by atoms with Crippen LogP contribution >= 0.6 is 0 Å². The van der Waals surface area contributed by atoms with Crippen LogP contribution in [0.1, 0.15) is 121 Å². The Balaban J connectivity index is 1.95. The highest BCUT2D eigenvalue weighted by Gasteiger charge is 2.27. The van der Waals surface area contributed by atoms with E-state index in [-0.39, 0.29) is 47.3 Å². The van der Waals surface area contributed by atoms with E-state index in [2.05, 4.69) is 74.4 Å². The molecule has 0 unspecified atom stereocenters. The van der Waals surface area contributed by atoms with Gasteiger partial charge >= 0.3 is 0 Å². The molecule has 3 rings (SSSR count). The third kappa shape index (κ3) is 8.65. The van der Waals surface area contributed by atoms with E-state index < -0.39 is 0 Å². The smallest absolute Gasteiger partial charge is 0.128 e. The molecule has 0 aromatic heterocycles. The summed E-state index contributed by atoms with van der Waals surface area (Å²) in [6, 6.07) is 8.06. The molecule has 0 saturated heterocycles. The summed E-state index contributed by atoms with van der Waals surface area (Å²) in [4.78, 5) is 9.96. The van der Waals surface area contributed by atoms with Gasteiger partial charge in [0.25, 0.3) is 0 Å². The molecule has 0 radical (unpaired) electrons. The lowest BCUT2D eigenvalue weighted by molar-refractivity contribution is 0.0814. The predicted octanol–water partition coefficient (Wildman–Crippen LogP) is 7.35. The highest BCUT2D eigenvalue weighted by Crippen LogP contribution is 2.38. The van der Waals surface area contributed by atoms with E-state index >= 15 is 0 Å². The molecule has 1 aliphatic rings. The first-order valence-corrected chi connectivity index (χ1v) is 15.0. The van der Waals surface area contributed by atoms with Gasteiger partial charge in [-0.15, -0.1) is 0 Å². The molecule has 0 amide bonds. The van der Waals surface area contributed by atoms with Gasteiger partial charge in [-0.1, -0.05) is 81.2 Å². The molecule has 3 N–H and O–H groups in total. The number of aliphatic imine (C=N–C) groups is 2. The second kappa shape index (κ2) is 13.1. The molecule has 2 aromatic carbocycles. The minimum absolute atomic E-state index is 0.00363. The largest absolute Gasteiger partial charge is 0.507 e. The SMILES string of the molecule is CC(C)(C)c1cc(C=N[C@@H]2CCCC[C@H]2N=Cc2cc(COCCO)cc(C(C)(C)C)c2O)c(O)c(C(C)(C)C)c1. The zero-order chi connectivity index (χ0) is 30.6. The van der Waals surface area contributed by atoms with E-state index in [9.17, 15) is 10.2 Å². The van der Waals surface area contributed by atoms with Gasteiger partial charge in [-0.25, -0.2) is 0 Å². The Bertz CT molecular complexity index is 1240. The average molecular weight is 565 g/mol. The molecule has 226 valence electrons. The van der Waals surface area contributed by atoms with Crippen molar-refractivity contribution in [2.24, 2.45) is 9.98 Å². The van der Waals surface area contributed by atoms with Crippen LogP contribution in [-0.4, -0.2) is 53.0 Å². The van der Waals surface area contributed by atoms with Crippen molar-refractivity contribution in [3.63, 3.8) is 0 Å². The van der Waals surface area contributed by atoms with Crippen molar-refractivity contribution in [1.29, 1.82) is 0 Å². The summed E-state index contributed by atoms with van der Waals surface area (Å²) in [6.45, 7) is 19.7. The van der Waals surface area contributed by atoms with Crippen LogP contribution in [0.2, 0.25) is 0 Å². The molecular weight excluding hydrogens is 512 g/mol. The summed E-state index contributed by atoms with van der Waals surface area (Å²) in [5.74, 6) is 0.534. The number of benzene rings is 2. The standard InChI is InChI=1S/C35H52N2O4/c1-33(2,3)26-18-25(32(40)28(19-26)35(7,8)9)21-37-30-13-11-10-12-29(30)36-20-24-16-23(22-41-15-14-38)17-27(31(24)39)34(4,5)6/h16-21,29-30,38-40H,10-15,22H2,1-9H3/t29-,30-/m1/s1. The first kappa shape index (κ1) is 32.8. The van der Waals surface area contributed by atoms with Crippen LogP contribution in [0.4, 0.5) is 0 Å². The second-order valence-electron chi connectivity index (χ2n) is 14.5. The number of aliphatic hydroxyl groups is 1. The summed E-state index contributed by atoms with van der Waals surface area (Å²) >= 11 is 0. The quantitative estimate of drug-likeness (QED) is 0.231. The lowest BCUT2D eigenvalue weighted by Gasteiger charge is -2.28. The fraction of sp³-hybridized carbons (Fsp3) is 0.600. The number of phenols is 2. The Kier molecular flexibility index (Phi) is 10.5. The van der Waals surface area contributed by atoms with E-state index in [1.807, 2.05) is 18.3 Å². The summed E-state index contributed by atoms with van der Waals surface area (Å²) in [5, 5.41) is 31.5. The number of ether oxygens (including phenoxy) is 1. The number of rotatable bonds is 8. The monoisotopic (exact) mass is 564 g/mol. The topological polar surface area (TPSA) is 94.6 Å². The Morgan fingerprint density at radius 3 is 1.68 bits per heavy atom. The fourth-order valence-corrected chi connectivity index (χ4v) is 5.28. The number of aromatic hydroxyl groups is 2. The number of hydrogen-bond donors (Lipinski definition) is 3. The van der Waals surface area contributed by atoms with E-state index in [0.717, 1.165) is 47.9 Å². The van der Waals surface area contributed by atoms with Gasteiger partial charge in [0.2, 0.25) is 0 Å². The highest BCUT2D eigenvalue weighted by molar-refractivity contribution is 5.86. The van der Waals surface area contributed by atoms with Gasteiger partial charge in [-0.3, -0.25) is 9.98 Å². The van der Waals surface area contributed by atoms with Crippen molar-refractivity contribution in [2.45, 2.75) is 123 Å². The molecule has 41 heavy (non-hydrogen) atoms. The Labute approximate surface area is 247 Å². The number of aliphatic hydroxyl groups excluding tert-OH is 1. The van der Waals surface area contributed by atoms with Crippen molar-refractivity contribution in [1.82, 2.24) is 0 Å². The van der Waals surface area contributed by atoms with Crippen LogP contribution in [0, 0.1) is 0 Å². The van der Waals surface area contributed by atoms with Crippen LogP contribution in [0.25, 0.3) is 0 Å². The summed E-state index contributed by atoms with van der Waals surface area (Å²) < 4.78 is 5.57. The average Bonchev–Trinajstić information content (AvgIpc) is 2.86. The van der Waals surface area contributed by atoms with E-state index in [1.165, 1.54) is 5.56 Å². The van der Waals surface area contributed by atoms with Crippen LogP contribution in [-0.2, 0) is 27.6 Å². The molecule has 0 heterocycles. The number of phenolic OH excluding ortho intramolecular Hbond substituents is 2. The minimum Gasteiger partial charge on any atom is -0.507 e. The summed E-state index contributed by atoms with van der Waals surface area (Å²) in [7, 11) is 0. The molecular formula is C35H52N2O4. The fourth-order valence-electron chi connectivity index (χ4n) is 5.28. The molecule has 1 saturated carbocycles. The van der Waals surface area contributed by atoms with Crippen LogP contribution in [0.3, 0.4) is 0 Å². The first-order chi connectivity index (χ1) is 19.0. The second-order valence-corrected chi connectivity index (χ2v) is 14.5. The van der Waals surface area contributed by atoms with Crippen molar-refractivity contribution >= 4 is 12.4 Å². The first-order valence-electron chi connectivity index (χ1n) is 15.0. The zero-order valence-corrected chi connectivity index (χ0v) is 26.7. The van der Waals surface area contributed by atoms with Gasteiger partial charge in [0.05, 0.1) is 31.9 Å². The number of nitrogens with zero attached hydrogens (tertiary/aromatic N) is 2. The van der Waals surface area contributed by atoms with Gasteiger partial charge in [0, 0.05) is 34.7 Å². The predicted molar refractivity (Wildman–Crippen MR) is 170 cm³/mol. The van der Waals surface area contributed by atoms with Crippen LogP contribution in [0.15, 0.2) is 34.3 Å². The van der Waals surface area contributed by atoms with Crippen molar-refractivity contribution in [3.05, 3.63) is 57.6 Å². The Morgan fingerprint density at radius 1 is 0.732 bits per heavy atom. The van der Waals surface area contributed by atoms with Gasteiger partial charge in [0.1, 0.15) is 11.5 Å². The minimum atomic E-state index is -0.257. The Hall–Kier alpha value is -2.70. The Morgan fingerprint density at radius 2 is 1.22 bits per heavy atom. The van der Waals surface area contributed by atoms with Crippen LogP contribution in [0.5, 0.6) is 11.5 Å². The lowest BCUT2D eigenvalue weighted by Crippen LogP contribution is -2.27. The highest BCUT2D eigenvalue weighted by atomic mass is 16.5. The van der Waals surface area contributed by atoms with E-state index in [0.29, 0.717) is 17.9 Å². The molecule has 0 aliphatic heterocycles. The maximum atomic E-state index is 11.2. The van der Waals surface area contributed by atoms with Gasteiger partial charge in [-0.2, -0.15) is 0 Å². The van der Waals surface area contributed by atoms with Gasteiger partial charge < -0.3 is 20.1 Å². The molecule has 6 heteroatoms. The molecule has 2 aromatic rings. The summed E-state index contributed by atoms with van der Waals surface area (Å²) in [5.41, 5.74) is 4.78. The number of hydrogen-bond acceptors (Lipinski definition) is 6. The molecule has 1 fully saturated rings. The summed E-state index contributed by atoms with van der Waals surface area (Å²) in [6.07, 6.45) is 7.65. The van der Waals surface area contributed by atoms with Gasteiger partial charge in [-0.05, 0) is 58.4 Å². The lowest BCUT2D eigenvalue weighted by atomic mass is 9.79. The molecule has 2 atom stereocenters. The van der Waals surface area contributed by atoms with Crippen molar-refractivity contribution in [3.8, 4) is 11.5 Å². The van der Waals surface area contributed by atoms with Gasteiger partial charge in [0.15, 0.2) is 0 Å². The molecule has 6 nitrogen and oxygen atoms in total. The van der Waals surface area contributed by atoms with Crippen molar-refractivity contribution < 1.29 is 20.1 Å². The zero-order valence-electron chi connectivity index (χ0n) is 26.7. The van der Waals surface area contributed by atoms with E-state index in [1.54, 1.807) is 6.21 Å². The normalized spacial score (nSPS) is 19.0. The third-order valence-corrected chi connectivity index (χ3v) is 7.83. The maximum Gasteiger partial charge on any atom is 0.128 e. The molecule has 1 aliphatic carbocycles. The third-order valence-electron chi connectivity index (χ3n) is 7.83. The maximum absolute atomic E-state index is 11.2.